The second kappa shape index (κ2) is 5.67. The highest BCUT2D eigenvalue weighted by molar-refractivity contribution is 5.79. The molecular weight excluding hydrogens is 210 g/mol. The number of nitrogens with zero attached hydrogens (tertiary/aromatic N) is 1. The number of hydrogen-bond donors (Lipinski definition) is 0. The Hall–Kier alpha value is -1.57. The van der Waals surface area contributed by atoms with Crippen LogP contribution in [0.1, 0.15) is 30.4 Å². The Kier molecular flexibility index (Phi) is 3.97. The molecule has 0 aliphatic carbocycles. The van der Waals surface area contributed by atoms with Crippen molar-refractivity contribution >= 4 is 12.0 Å². The van der Waals surface area contributed by atoms with Crippen LogP contribution in [0.3, 0.4) is 0 Å². The van der Waals surface area contributed by atoms with Gasteiger partial charge in [-0.05, 0) is 30.4 Å². The van der Waals surface area contributed by atoms with Gasteiger partial charge in [0.25, 0.3) is 0 Å². The predicted molar refractivity (Wildman–Crippen MR) is 70.7 cm³/mol. The van der Waals surface area contributed by atoms with Gasteiger partial charge in [-0.25, -0.2) is 0 Å². The highest BCUT2D eigenvalue weighted by atomic mass is 16.2. The fourth-order valence-corrected chi connectivity index (χ4v) is 2.26. The van der Waals surface area contributed by atoms with Crippen LogP contribution >= 0.6 is 0 Å². The maximum atomic E-state index is 12.1. The summed E-state index contributed by atoms with van der Waals surface area (Å²) in [4.78, 5) is 14.1. The lowest BCUT2D eigenvalue weighted by molar-refractivity contribution is -0.131. The van der Waals surface area contributed by atoms with Gasteiger partial charge in [0.1, 0.15) is 0 Å². The van der Waals surface area contributed by atoms with Gasteiger partial charge < -0.3 is 4.90 Å². The van der Waals surface area contributed by atoms with Gasteiger partial charge in [0.05, 0.1) is 6.42 Å². The van der Waals surface area contributed by atoms with Crippen molar-refractivity contribution in [2.45, 2.75) is 25.7 Å². The molecule has 1 amide bonds. The number of benzene rings is 1. The van der Waals surface area contributed by atoms with Gasteiger partial charge in [0.2, 0.25) is 5.91 Å². The molecule has 1 heterocycles. The zero-order valence-corrected chi connectivity index (χ0v) is 10.2. The lowest BCUT2D eigenvalue weighted by Gasteiger charge is -2.26. The summed E-state index contributed by atoms with van der Waals surface area (Å²) in [7, 11) is 0. The van der Waals surface area contributed by atoms with Crippen LogP contribution in [-0.2, 0) is 11.2 Å². The average Bonchev–Trinajstić information content (AvgIpc) is 2.40. The topological polar surface area (TPSA) is 20.3 Å². The standard InChI is InChI=1S/C15H19NO/c1-2-13-7-6-8-14(11-13)12-15(17)16-9-4-3-5-10-16/h2,6-8,11H,1,3-5,9-10,12H2. The van der Waals surface area contributed by atoms with Crippen LogP contribution in [0.25, 0.3) is 6.08 Å². The smallest absolute Gasteiger partial charge is 0.226 e. The Bertz CT molecular complexity index is 405. The Morgan fingerprint density at radius 2 is 2.06 bits per heavy atom. The fraction of sp³-hybridized carbons (Fsp3) is 0.400. The first-order valence-electron chi connectivity index (χ1n) is 6.29. The van der Waals surface area contributed by atoms with Crippen molar-refractivity contribution in [3.05, 3.63) is 42.0 Å². The van der Waals surface area contributed by atoms with E-state index in [1.165, 1.54) is 6.42 Å². The molecule has 2 rings (SSSR count). The molecule has 0 unspecified atom stereocenters. The maximum Gasteiger partial charge on any atom is 0.226 e. The lowest BCUT2D eigenvalue weighted by Crippen LogP contribution is -2.36. The molecule has 1 saturated heterocycles. The molecule has 0 radical (unpaired) electrons. The van der Waals surface area contributed by atoms with E-state index < -0.39 is 0 Å². The molecule has 17 heavy (non-hydrogen) atoms. The third-order valence-electron chi connectivity index (χ3n) is 3.25. The zero-order valence-electron chi connectivity index (χ0n) is 10.2. The third kappa shape index (κ3) is 3.19. The molecule has 1 aliphatic heterocycles. The quantitative estimate of drug-likeness (QED) is 0.780. The summed E-state index contributed by atoms with van der Waals surface area (Å²) in [5, 5.41) is 0. The van der Waals surface area contributed by atoms with Crippen LogP contribution in [0.2, 0.25) is 0 Å². The van der Waals surface area contributed by atoms with Crippen LogP contribution in [0.4, 0.5) is 0 Å². The van der Waals surface area contributed by atoms with Crippen molar-refractivity contribution in [1.82, 2.24) is 4.90 Å². The van der Waals surface area contributed by atoms with Gasteiger partial charge >= 0.3 is 0 Å². The summed E-state index contributed by atoms with van der Waals surface area (Å²) in [6.07, 6.45) is 5.89. The summed E-state index contributed by atoms with van der Waals surface area (Å²) in [6, 6.07) is 8.03. The van der Waals surface area contributed by atoms with E-state index in [0.29, 0.717) is 6.42 Å². The van der Waals surface area contributed by atoms with Gasteiger partial charge in [0.15, 0.2) is 0 Å². The van der Waals surface area contributed by atoms with Crippen molar-refractivity contribution in [2.75, 3.05) is 13.1 Å². The number of rotatable bonds is 3. The third-order valence-corrected chi connectivity index (χ3v) is 3.25. The first-order valence-corrected chi connectivity index (χ1v) is 6.29. The van der Waals surface area contributed by atoms with Crippen LogP contribution < -0.4 is 0 Å². The Balaban J connectivity index is 1.99. The summed E-state index contributed by atoms with van der Waals surface area (Å²) >= 11 is 0. The molecule has 0 spiro atoms. The molecule has 0 atom stereocenters. The number of amides is 1. The molecule has 1 fully saturated rings. The molecule has 1 aromatic carbocycles. The SMILES string of the molecule is C=Cc1cccc(CC(=O)N2CCCCC2)c1. The summed E-state index contributed by atoms with van der Waals surface area (Å²) in [6.45, 7) is 5.61. The summed E-state index contributed by atoms with van der Waals surface area (Å²) in [5.41, 5.74) is 2.16. The fourth-order valence-electron chi connectivity index (χ4n) is 2.26. The van der Waals surface area contributed by atoms with Gasteiger partial charge in [-0.3, -0.25) is 4.79 Å². The van der Waals surface area contributed by atoms with E-state index in [2.05, 4.69) is 6.58 Å². The van der Waals surface area contributed by atoms with E-state index in [0.717, 1.165) is 37.1 Å². The maximum absolute atomic E-state index is 12.1. The highest BCUT2D eigenvalue weighted by Gasteiger charge is 2.16. The second-order valence-corrected chi connectivity index (χ2v) is 4.57. The number of piperidine rings is 1. The van der Waals surface area contributed by atoms with Crippen molar-refractivity contribution in [2.24, 2.45) is 0 Å². The molecule has 0 N–H and O–H groups in total. The summed E-state index contributed by atoms with van der Waals surface area (Å²) < 4.78 is 0. The van der Waals surface area contributed by atoms with Gasteiger partial charge in [0, 0.05) is 13.1 Å². The summed E-state index contributed by atoms with van der Waals surface area (Å²) in [5.74, 6) is 0.255. The molecule has 0 saturated carbocycles. The molecule has 2 heteroatoms. The molecule has 1 aliphatic rings. The molecule has 0 aromatic heterocycles. The number of likely N-dealkylation sites (tertiary alicyclic amines) is 1. The van der Waals surface area contributed by atoms with Gasteiger partial charge in [-0.15, -0.1) is 0 Å². The average molecular weight is 229 g/mol. The number of carbonyl (C=O) groups is 1. The molecule has 2 nitrogen and oxygen atoms in total. The molecule has 0 bridgehead atoms. The van der Waals surface area contributed by atoms with E-state index in [4.69, 9.17) is 0 Å². The van der Waals surface area contributed by atoms with E-state index in [1.807, 2.05) is 35.2 Å². The van der Waals surface area contributed by atoms with Crippen LogP contribution in [0, 0.1) is 0 Å². The minimum Gasteiger partial charge on any atom is -0.342 e. The van der Waals surface area contributed by atoms with Gasteiger partial charge in [-0.2, -0.15) is 0 Å². The first kappa shape index (κ1) is 11.9. The minimum atomic E-state index is 0.255. The van der Waals surface area contributed by atoms with E-state index >= 15 is 0 Å². The molecule has 90 valence electrons. The van der Waals surface area contributed by atoms with Crippen LogP contribution in [0.5, 0.6) is 0 Å². The molecule has 1 aromatic rings. The van der Waals surface area contributed by atoms with Crippen molar-refractivity contribution in [1.29, 1.82) is 0 Å². The van der Waals surface area contributed by atoms with Crippen LogP contribution in [0.15, 0.2) is 30.8 Å². The highest BCUT2D eigenvalue weighted by Crippen LogP contribution is 2.12. The number of carbonyl (C=O) groups excluding carboxylic acids is 1. The van der Waals surface area contributed by atoms with E-state index in [-0.39, 0.29) is 5.91 Å². The lowest BCUT2D eigenvalue weighted by atomic mass is 10.1. The van der Waals surface area contributed by atoms with Crippen molar-refractivity contribution in [3.63, 3.8) is 0 Å². The van der Waals surface area contributed by atoms with E-state index in [1.54, 1.807) is 0 Å². The molecular formula is C15H19NO. The zero-order chi connectivity index (χ0) is 12.1. The minimum absolute atomic E-state index is 0.255. The van der Waals surface area contributed by atoms with Crippen molar-refractivity contribution in [3.8, 4) is 0 Å². The van der Waals surface area contributed by atoms with Crippen LogP contribution in [-0.4, -0.2) is 23.9 Å². The first-order chi connectivity index (χ1) is 8.29. The number of hydrogen-bond acceptors (Lipinski definition) is 1. The second-order valence-electron chi connectivity index (χ2n) is 4.57. The Morgan fingerprint density at radius 3 is 2.76 bits per heavy atom. The Morgan fingerprint density at radius 1 is 1.29 bits per heavy atom. The Labute approximate surface area is 103 Å². The van der Waals surface area contributed by atoms with E-state index in [9.17, 15) is 4.79 Å². The monoisotopic (exact) mass is 229 g/mol. The van der Waals surface area contributed by atoms with Gasteiger partial charge in [-0.1, -0.05) is 36.9 Å². The largest absolute Gasteiger partial charge is 0.342 e. The van der Waals surface area contributed by atoms with Crippen molar-refractivity contribution < 1.29 is 4.79 Å². The predicted octanol–water partition coefficient (Wildman–Crippen LogP) is 2.88. The normalized spacial score (nSPS) is 15.6.